The Morgan fingerprint density at radius 1 is 1.06 bits per heavy atom. The third-order valence-corrected chi connectivity index (χ3v) is 7.93. The summed E-state index contributed by atoms with van der Waals surface area (Å²) in [4.78, 5) is 28.1. The van der Waals surface area contributed by atoms with Crippen molar-refractivity contribution in [2.24, 2.45) is 5.92 Å². The number of amides is 1. The van der Waals surface area contributed by atoms with Gasteiger partial charge in [0.05, 0.1) is 6.26 Å². The van der Waals surface area contributed by atoms with Crippen molar-refractivity contribution in [2.45, 2.75) is 71.8 Å². The molecule has 2 atom stereocenters. The molecule has 2 fully saturated rings. The standard InChI is InChI=1S/C27H34N2O4/c1-16-15-32-25-18(3)26-22(13-21(16)25)17(2)20(27(31)33-26)9-10-24(30)28-14-19-7-6-12-29-11-5-4-8-23(19)29/h13,15,19,23H,4-12,14H2,1-3H3,(H,28,30). The Balaban J connectivity index is 1.29. The molecule has 0 bridgehead atoms. The van der Waals surface area contributed by atoms with Crippen molar-refractivity contribution in [3.8, 4) is 0 Å². The van der Waals surface area contributed by atoms with Gasteiger partial charge in [-0.3, -0.25) is 4.79 Å². The largest absolute Gasteiger partial charge is 0.464 e. The van der Waals surface area contributed by atoms with E-state index in [-0.39, 0.29) is 11.5 Å². The first-order chi connectivity index (χ1) is 15.9. The molecular weight excluding hydrogens is 416 g/mol. The molecule has 2 saturated heterocycles. The zero-order valence-corrected chi connectivity index (χ0v) is 20.0. The topological polar surface area (TPSA) is 75.7 Å². The van der Waals surface area contributed by atoms with Gasteiger partial charge in [-0.2, -0.15) is 0 Å². The van der Waals surface area contributed by atoms with E-state index in [1.807, 2.05) is 26.8 Å². The molecule has 2 aliphatic heterocycles. The highest BCUT2D eigenvalue weighted by molar-refractivity contribution is 5.99. The van der Waals surface area contributed by atoms with Gasteiger partial charge in [0, 0.05) is 40.9 Å². The Morgan fingerprint density at radius 2 is 1.88 bits per heavy atom. The second-order valence-electron chi connectivity index (χ2n) is 9.97. The van der Waals surface area contributed by atoms with Crippen LogP contribution in [0.15, 0.2) is 26.0 Å². The van der Waals surface area contributed by atoms with Crippen LogP contribution in [0.1, 0.15) is 60.8 Å². The molecule has 0 aliphatic carbocycles. The van der Waals surface area contributed by atoms with Crippen molar-refractivity contribution < 1.29 is 13.6 Å². The first kappa shape index (κ1) is 22.2. The second kappa shape index (κ2) is 8.98. The van der Waals surface area contributed by atoms with Crippen LogP contribution in [0.2, 0.25) is 0 Å². The van der Waals surface area contributed by atoms with E-state index in [1.54, 1.807) is 6.26 Å². The molecule has 1 aromatic carbocycles. The minimum atomic E-state index is -0.358. The minimum absolute atomic E-state index is 0.0131. The Morgan fingerprint density at radius 3 is 2.73 bits per heavy atom. The number of carbonyl (C=O) groups is 1. The lowest BCUT2D eigenvalue weighted by Crippen LogP contribution is -2.51. The van der Waals surface area contributed by atoms with Crippen molar-refractivity contribution in [2.75, 3.05) is 19.6 Å². The number of carbonyl (C=O) groups excluding carboxylic acids is 1. The van der Waals surface area contributed by atoms with E-state index < -0.39 is 0 Å². The lowest BCUT2D eigenvalue weighted by molar-refractivity contribution is -0.121. The van der Waals surface area contributed by atoms with Crippen LogP contribution in [0.3, 0.4) is 0 Å². The molecule has 1 amide bonds. The number of benzene rings is 1. The number of rotatable bonds is 5. The highest BCUT2D eigenvalue weighted by atomic mass is 16.4. The van der Waals surface area contributed by atoms with Crippen molar-refractivity contribution in [3.05, 3.63) is 45.0 Å². The maximum Gasteiger partial charge on any atom is 0.339 e. The van der Waals surface area contributed by atoms with Crippen LogP contribution in [-0.2, 0) is 11.2 Å². The molecule has 33 heavy (non-hydrogen) atoms. The predicted octanol–water partition coefficient (Wildman–Crippen LogP) is 4.78. The lowest BCUT2D eigenvalue weighted by atomic mass is 9.83. The van der Waals surface area contributed by atoms with Gasteiger partial charge < -0.3 is 19.1 Å². The van der Waals surface area contributed by atoms with Gasteiger partial charge in [-0.05, 0) is 89.1 Å². The summed E-state index contributed by atoms with van der Waals surface area (Å²) in [5.74, 6) is 0.554. The predicted molar refractivity (Wildman–Crippen MR) is 130 cm³/mol. The molecule has 2 unspecified atom stereocenters. The minimum Gasteiger partial charge on any atom is -0.464 e. The Hall–Kier alpha value is -2.60. The van der Waals surface area contributed by atoms with Crippen LogP contribution in [0.4, 0.5) is 0 Å². The van der Waals surface area contributed by atoms with Gasteiger partial charge in [-0.1, -0.05) is 6.42 Å². The fraction of sp³-hybridized carbons (Fsp3) is 0.556. The van der Waals surface area contributed by atoms with E-state index in [4.69, 9.17) is 8.83 Å². The normalized spacial score (nSPS) is 21.4. The number of fused-ring (bicyclic) bond motifs is 3. The molecule has 6 nitrogen and oxygen atoms in total. The van der Waals surface area contributed by atoms with Gasteiger partial charge in [0.25, 0.3) is 0 Å². The number of piperidine rings is 2. The van der Waals surface area contributed by atoms with Crippen LogP contribution in [0.25, 0.3) is 21.9 Å². The SMILES string of the molecule is Cc1coc2c(C)c3oc(=O)c(CCC(=O)NCC4CCCN5CCCCC45)c(C)c3cc12. The third-order valence-electron chi connectivity index (χ3n) is 7.93. The summed E-state index contributed by atoms with van der Waals surface area (Å²) < 4.78 is 11.4. The molecule has 0 radical (unpaired) electrons. The second-order valence-corrected chi connectivity index (χ2v) is 9.97. The van der Waals surface area contributed by atoms with Crippen molar-refractivity contribution >= 4 is 27.8 Å². The number of nitrogens with zero attached hydrogens (tertiary/aromatic N) is 1. The highest BCUT2D eigenvalue weighted by Crippen LogP contribution is 2.33. The molecular formula is C27H34N2O4. The maximum atomic E-state index is 12.8. The first-order valence-corrected chi connectivity index (χ1v) is 12.4. The van der Waals surface area contributed by atoms with Crippen LogP contribution >= 0.6 is 0 Å². The number of aryl methyl sites for hydroxylation is 3. The molecule has 176 valence electrons. The molecule has 6 heteroatoms. The monoisotopic (exact) mass is 450 g/mol. The molecule has 1 N–H and O–H groups in total. The van der Waals surface area contributed by atoms with E-state index in [0.29, 0.717) is 35.9 Å². The van der Waals surface area contributed by atoms with Crippen molar-refractivity contribution in [1.82, 2.24) is 10.2 Å². The van der Waals surface area contributed by atoms with Gasteiger partial charge in [-0.15, -0.1) is 0 Å². The van der Waals surface area contributed by atoms with E-state index >= 15 is 0 Å². The summed E-state index contributed by atoms with van der Waals surface area (Å²) in [5.41, 5.74) is 4.35. The Kier molecular flexibility index (Phi) is 6.04. The molecule has 4 heterocycles. The summed E-state index contributed by atoms with van der Waals surface area (Å²) in [5, 5.41) is 5.11. The van der Waals surface area contributed by atoms with E-state index in [0.717, 1.165) is 39.6 Å². The van der Waals surface area contributed by atoms with Crippen LogP contribution in [0.5, 0.6) is 0 Å². The highest BCUT2D eigenvalue weighted by Gasteiger charge is 2.32. The summed E-state index contributed by atoms with van der Waals surface area (Å²) >= 11 is 0. The number of hydrogen-bond acceptors (Lipinski definition) is 5. The van der Waals surface area contributed by atoms with E-state index in [1.165, 1.54) is 45.2 Å². The first-order valence-electron chi connectivity index (χ1n) is 12.4. The van der Waals surface area contributed by atoms with Crippen LogP contribution in [0, 0.1) is 26.7 Å². The summed E-state index contributed by atoms with van der Waals surface area (Å²) in [6, 6.07) is 2.66. The fourth-order valence-corrected chi connectivity index (χ4v) is 5.99. The molecule has 0 saturated carbocycles. The summed E-state index contributed by atoms with van der Waals surface area (Å²) in [7, 11) is 0. The fourth-order valence-electron chi connectivity index (χ4n) is 5.99. The maximum absolute atomic E-state index is 12.8. The van der Waals surface area contributed by atoms with Crippen LogP contribution < -0.4 is 10.9 Å². The van der Waals surface area contributed by atoms with E-state index in [9.17, 15) is 9.59 Å². The zero-order valence-electron chi connectivity index (χ0n) is 20.0. The molecule has 0 spiro atoms. The Labute approximate surface area is 194 Å². The van der Waals surface area contributed by atoms with Gasteiger partial charge >= 0.3 is 5.63 Å². The lowest BCUT2D eigenvalue weighted by Gasteiger charge is -2.44. The third kappa shape index (κ3) is 4.10. The van der Waals surface area contributed by atoms with Gasteiger partial charge in [0.15, 0.2) is 0 Å². The molecule has 2 aliphatic rings. The number of nitrogens with one attached hydrogen (secondary N) is 1. The Bertz CT molecular complexity index is 1250. The van der Waals surface area contributed by atoms with Crippen molar-refractivity contribution in [1.29, 1.82) is 0 Å². The number of hydrogen-bond donors (Lipinski definition) is 1. The average Bonchev–Trinajstić information content (AvgIpc) is 3.19. The summed E-state index contributed by atoms with van der Waals surface area (Å²) in [6.07, 6.45) is 8.67. The smallest absolute Gasteiger partial charge is 0.339 e. The zero-order chi connectivity index (χ0) is 23.1. The molecule has 2 aromatic heterocycles. The van der Waals surface area contributed by atoms with Crippen LogP contribution in [-0.4, -0.2) is 36.5 Å². The van der Waals surface area contributed by atoms with E-state index in [2.05, 4.69) is 10.2 Å². The van der Waals surface area contributed by atoms with Gasteiger partial charge in [-0.25, -0.2) is 4.79 Å². The van der Waals surface area contributed by atoms with Gasteiger partial charge in [0.2, 0.25) is 5.91 Å². The number of furan rings is 1. The van der Waals surface area contributed by atoms with Gasteiger partial charge in [0.1, 0.15) is 11.2 Å². The average molecular weight is 451 g/mol. The quantitative estimate of drug-likeness (QED) is 0.566. The summed E-state index contributed by atoms with van der Waals surface area (Å²) in [6.45, 7) is 9.03. The molecule has 3 aromatic rings. The van der Waals surface area contributed by atoms with Crippen molar-refractivity contribution in [3.63, 3.8) is 0 Å². The molecule has 5 rings (SSSR count).